The minimum atomic E-state index is -0.499. The largest absolute Gasteiger partial charge is 0.350 e. The number of amides is 2. The van der Waals surface area contributed by atoms with E-state index in [1.807, 2.05) is 6.92 Å². The Bertz CT molecular complexity index is 835. The first-order valence-corrected chi connectivity index (χ1v) is 10.3. The summed E-state index contributed by atoms with van der Waals surface area (Å²) >= 11 is 1.21. The van der Waals surface area contributed by atoms with Crippen LogP contribution in [-0.2, 0) is 9.59 Å². The molecule has 5 nitrogen and oxygen atoms in total. The third kappa shape index (κ3) is 6.27. The first kappa shape index (κ1) is 21.8. The second-order valence-corrected chi connectivity index (χ2v) is 7.44. The molecule has 1 heterocycles. The smallest absolute Gasteiger partial charge is 0.244 e. The van der Waals surface area contributed by atoms with E-state index in [0.717, 1.165) is 25.7 Å². The van der Waals surface area contributed by atoms with Gasteiger partial charge in [-0.1, -0.05) is 38.3 Å². The lowest BCUT2D eigenvalue weighted by Crippen LogP contribution is -2.30. The highest BCUT2D eigenvalue weighted by Gasteiger charge is 2.20. The van der Waals surface area contributed by atoms with E-state index in [-0.39, 0.29) is 23.5 Å². The predicted octanol–water partition coefficient (Wildman–Crippen LogP) is 5.07. The van der Waals surface area contributed by atoms with Crippen LogP contribution in [0.15, 0.2) is 35.7 Å². The molecule has 150 valence electrons. The van der Waals surface area contributed by atoms with Gasteiger partial charge in [-0.15, -0.1) is 11.3 Å². The van der Waals surface area contributed by atoms with E-state index in [2.05, 4.69) is 17.2 Å². The van der Waals surface area contributed by atoms with Gasteiger partial charge in [0, 0.05) is 24.4 Å². The van der Waals surface area contributed by atoms with Gasteiger partial charge < -0.3 is 5.32 Å². The van der Waals surface area contributed by atoms with Crippen molar-refractivity contribution in [2.45, 2.75) is 52.5 Å². The summed E-state index contributed by atoms with van der Waals surface area (Å²) < 4.78 is 14.1. The number of aromatic nitrogens is 1. The Balaban J connectivity index is 2.04. The van der Waals surface area contributed by atoms with Gasteiger partial charge in [0.15, 0.2) is 5.13 Å². The van der Waals surface area contributed by atoms with Gasteiger partial charge in [-0.05, 0) is 31.6 Å². The van der Waals surface area contributed by atoms with Crippen LogP contribution >= 0.6 is 11.3 Å². The highest BCUT2D eigenvalue weighted by molar-refractivity contribution is 7.14. The number of rotatable bonds is 9. The first-order valence-electron chi connectivity index (χ1n) is 9.41. The summed E-state index contributed by atoms with van der Waals surface area (Å²) in [6.45, 7) is 5.49. The fourth-order valence-corrected chi connectivity index (χ4v) is 3.57. The first-order chi connectivity index (χ1) is 13.4. The molecular weight excluding hydrogens is 377 g/mol. The highest BCUT2D eigenvalue weighted by atomic mass is 32.1. The van der Waals surface area contributed by atoms with E-state index in [0.29, 0.717) is 10.8 Å². The Morgan fingerprint density at radius 1 is 1.32 bits per heavy atom. The minimum Gasteiger partial charge on any atom is -0.350 e. The van der Waals surface area contributed by atoms with Crippen LogP contribution in [0.3, 0.4) is 0 Å². The summed E-state index contributed by atoms with van der Waals surface area (Å²) in [4.78, 5) is 29.7. The molecule has 0 saturated heterocycles. The summed E-state index contributed by atoms with van der Waals surface area (Å²) in [5.41, 5.74) is 0.690. The number of nitrogens with one attached hydrogen (secondary N) is 1. The predicted molar refractivity (Wildman–Crippen MR) is 112 cm³/mol. The van der Waals surface area contributed by atoms with E-state index in [1.165, 1.54) is 41.4 Å². The molecule has 2 aromatic rings. The molecule has 1 N–H and O–H groups in total. The lowest BCUT2D eigenvalue weighted by atomic mass is 10.1. The Labute approximate surface area is 169 Å². The summed E-state index contributed by atoms with van der Waals surface area (Å²) in [6, 6.07) is 6.17. The molecule has 2 rings (SSSR count). The van der Waals surface area contributed by atoms with Crippen molar-refractivity contribution in [2.75, 3.05) is 4.90 Å². The molecule has 1 aromatic carbocycles. The third-order valence-corrected chi connectivity index (χ3v) is 4.99. The topological polar surface area (TPSA) is 62.3 Å². The van der Waals surface area contributed by atoms with Crippen molar-refractivity contribution >= 4 is 40.0 Å². The summed E-state index contributed by atoms with van der Waals surface area (Å²) in [7, 11) is 0. The fraction of sp³-hybridized carbons (Fsp3) is 0.381. The molecule has 1 atom stereocenters. The number of para-hydroxylation sites is 1. The zero-order chi connectivity index (χ0) is 20.5. The maximum absolute atomic E-state index is 14.1. The van der Waals surface area contributed by atoms with Crippen LogP contribution < -0.4 is 10.2 Å². The molecule has 0 aliphatic carbocycles. The molecule has 0 spiro atoms. The number of carbonyl (C=O) groups excluding carboxylic acids is 2. The van der Waals surface area contributed by atoms with Crippen LogP contribution in [0.4, 0.5) is 15.2 Å². The molecule has 1 unspecified atom stereocenters. The quantitative estimate of drug-likeness (QED) is 0.470. The molecule has 0 radical (unpaired) electrons. The molecule has 0 aliphatic rings. The van der Waals surface area contributed by atoms with Crippen molar-refractivity contribution in [2.24, 2.45) is 0 Å². The van der Waals surface area contributed by atoms with Gasteiger partial charge in [-0.3, -0.25) is 14.5 Å². The van der Waals surface area contributed by atoms with Gasteiger partial charge in [-0.2, -0.15) is 0 Å². The fourth-order valence-electron chi connectivity index (χ4n) is 2.72. The summed E-state index contributed by atoms with van der Waals surface area (Å²) in [5.74, 6) is -1.02. The number of halogens is 1. The Morgan fingerprint density at radius 2 is 2.07 bits per heavy atom. The number of nitrogens with zero attached hydrogens (tertiary/aromatic N) is 2. The monoisotopic (exact) mass is 403 g/mol. The molecule has 0 bridgehead atoms. The van der Waals surface area contributed by atoms with E-state index in [4.69, 9.17) is 0 Å². The normalized spacial score (nSPS) is 12.1. The molecule has 1 aromatic heterocycles. The average Bonchev–Trinajstić information content (AvgIpc) is 3.10. The van der Waals surface area contributed by atoms with E-state index in [9.17, 15) is 14.0 Å². The lowest BCUT2D eigenvalue weighted by molar-refractivity contribution is -0.117. The lowest BCUT2D eigenvalue weighted by Gasteiger charge is -2.18. The molecule has 7 heteroatoms. The highest BCUT2D eigenvalue weighted by Crippen LogP contribution is 2.30. The van der Waals surface area contributed by atoms with Crippen LogP contribution in [0.1, 0.15) is 52.1 Å². The van der Waals surface area contributed by atoms with Gasteiger partial charge in [0.25, 0.3) is 0 Å². The van der Waals surface area contributed by atoms with Gasteiger partial charge in [0.2, 0.25) is 11.8 Å². The van der Waals surface area contributed by atoms with Gasteiger partial charge in [0.1, 0.15) is 5.82 Å². The number of thiazole rings is 1. The zero-order valence-corrected chi connectivity index (χ0v) is 17.3. The summed E-state index contributed by atoms with van der Waals surface area (Å²) in [6.07, 6.45) is 7.37. The maximum Gasteiger partial charge on any atom is 0.244 e. The Hall–Kier alpha value is -2.54. The van der Waals surface area contributed by atoms with Crippen LogP contribution in [0.25, 0.3) is 6.08 Å². The molecular formula is C21H26FN3O2S. The van der Waals surface area contributed by atoms with Crippen molar-refractivity contribution in [3.63, 3.8) is 0 Å². The van der Waals surface area contributed by atoms with Gasteiger partial charge in [-0.25, -0.2) is 9.37 Å². The third-order valence-electron chi connectivity index (χ3n) is 4.14. The summed E-state index contributed by atoms with van der Waals surface area (Å²) in [5, 5.41) is 5.00. The van der Waals surface area contributed by atoms with Crippen molar-refractivity contribution in [1.29, 1.82) is 0 Å². The molecule has 0 fully saturated rings. The maximum atomic E-state index is 14.1. The van der Waals surface area contributed by atoms with Crippen molar-refractivity contribution in [3.8, 4) is 0 Å². The SMILES string of the molecule is CCCCCC(C)NC(=O)/C=C/c1csc(N(C(C)=O)c2ccccc2F)n1. The van der Waals surface area contributed by atoms with Crippen LogP contribution in [0.2, 0.25) is 0 Å². The van der Waals surface area contributed by atoms with E-state index < -0.39 is 5.82 Å². The van der Waals surface area contributed by atoms with Gasteiger partial charge in [0.05, 0.1) is 11.4 Å². The standard InChI is InChI=1S/C21H26FN3O2S/c1-4-5-6-9-15(2)23-20(27)13-12-17-14-28-21(24-17)25(16(3)26)19-11-8-7-10-18(19)22/h7-8,10-15H,4-6,9H2,1-3H3,(H,23,27)/b13-12+. The van der Waals surface area contributed by atoms with Crippen molar-refractivity contribution < 1.29 is 14.0 Å². The number of benzene rings is 1. The number of hydrogen-bond acceptors (Lipinski definition) is 4. The average molecular weight is 404 g/mol. The van der Waals surface area contributed by atoms with E-state index >= 15 is 0 Å². The molecule has 0 saturated carbocycles. The Morgan fingerprint density at radius 3 is 2.75 bits per heavy atom. The van der Waals surface area contributed by atoms with Crippen LogP contribution in [-0.4, -0.2) is 22.8 Å². The Kier molecular flexibility index (Phi) is 8.32. The van der Waals surface area contributed by atoms with Crippen molar-refractivity contribution in [1.82, 2.24) is 10.3 Å². The van der Waals surface area contributed by atoms with E-state index in [1.54, 1.807) is 23.6 Å². The van der Waals surface area contributed by atoms with Crippen LogP contribution in [0, 0.1) is 5.82 Å². The number of carbonyl (C=O) groups is 2. The number of hydrogen-bond donors (Lipinski definition) is 1. The van der Waals surface area contributed by atoms with Gasteiger partial charge >= 0.3 is 0 Å². The molecule has 2 amide bonds. The zero-order valence-electron chi connectivity index (χ0n) is 16.4. The number of unbranched alkanes of at least 4 members (excludes halogenated alkanes) is 2. The van der Waals surface area contributed by atoms with Crippen LogP contribution in [0.5, 0.6) is 0 Å². The molecule has 28 heavy (non-hydrogen) atoms. The number of anilines is 2. The second kappa shape index (κ2) is 10.7. The van der Waals surface area contributed by atoms with Crippen molar-refractivity contribution in [3.05, 3.63) is 47.2 Å². The molecule has 0 aliphatic heterocycles. The minimum absolute atomic E-state index is 0.115. The second-order valence-electron chi connectivity index (χ2n) is 6.60.